The highest BCUT2D eigenvalue weighted by Crippen LogP contribution is 2.42. The number of imidazole rings is 1. The number of carbonyl (C=O) groups excluding carboxylic acids is 1. The second-order valence-corrected chi connectivity index (χ2v) is 11.3. The van der Waals surface area contributed by atoms with Gasteiger partial charge in [-0.3, -0.25) is 4.79 Å². The molecular formula is C28H31N6O3S+. The van der Waals surface area contributed by atoms with Gasteiger partial charge in [0.15, 0.2) is 23.3 Å². The molecule has 3 heterocycles. The van der Waals surface area contributed by atoms with Crippen LogP contribution in [-0.4, -0.2) is 38.2 Å². The average molecular weight is 532 g/mol. The zero-order valence-corrected chi connectivity index (χ0v) is 22.8. The standard InChI is InChI=1S/C28H30N6O3S/c1-6-31-22-11-8-19(3)16-24(22)32(7-2)27(31)13-9-20-14-15-33-23-12-10-21(29-4)17-25(23)34(28(20)33)18-26(35)30-38(5,36)37/h8-13,16-17H,6-7,14-15,18H2,1-3,5H3/p+1. The maximum atomic E-state index is 12.7. The van der Waals surface area contributed by atoms with Crippen molar-refractivity contribution in [1.82, 2.24) is 9.29 Å². The molecule has 1 amide bonds. The molecule has 0 fully saturated rings. The summed E-state index contributed by atoms with van der Waals surface area (Å²) in [5, 5.41) is 0. The van der Waals surface area contributed by atoms with E-state index in [4.69, 9.17) is 6.57 Å². The second-order valence-electron chi connectivity index (χ2n) is 9.59. The van der Waals surface area contributed by atoms with Gasteiger partial charge in [-0.1, -0.05) is 12.1 Å². The van der Waals surface area contributed by atoms with Crippen molar-refractivity contribution in [3.05, 3.63) is 77.2 Å². The predicted octanol–water partition coefficient (Wildman–Crippen LogP) is 3.86. The Kier molecular flexibility index (Phi) is 6.49. The molecule has 1 N–H and O–H groups in total. The molecule has 9 nitrogen and oxygen atoms in total. The van der Waals surface area contributed by atoms with Crippen LogP contribution in [0.3, 0.4) is 0 Å². The average Bonchev–Trinajstić information content (AvgIpc) is 3.50. The molecule has 0 spiro atoms. The summed E-state index contributed by atoms with van der Waals surface area (Å²) in [6, 6.07) is 11.9. The van der Waals surface area contributed by atoms with Gasteiger partial charge in [-0.15, -0.1) is 0 Å². The number of benzene rings is 2. The minimum absolute atomic E-state index is 0.172. The Balaban J connectivity index is 1.62. The molecule has 0 radical (unpaired) electrons. The molecule has 3 aromatic rings. The lowest BCUT2D eigenvalue weighted by molar-refractivity contribution is -0.664. The first-order valence-electron chi connectivity index (χ1n) is 12.7. The Morgan fingerprint density at radius 3 is 2.53 bits per heavy atom. The number of carbonyl (C=O) groups is 1. The zero-order chi connectivity index (χ0) is 27.2. The minimum Gasteiger partial charge on any atom is -0.326 e. The Labute approximate surface area is 223 Å². The summed E-state index contributed by atoms with van der Waals surface area (Å²) in [6.45, 7) is 16.0. The molecule has 196 valence electrons. The summed E-state index contributed by atoms with van der Waals surface area (Å²) in [5.74, 6) is 1.32. The van der Waals surface area contributed by atoms with Crippen molar-refractivity contribution >= 4 is 49.6 Å². The van der Waals surface area contributed by atoms with Crippen molar-refractivity contribution in [3.8, 4) is 0 Å². The smallest absolute Gasteiger partial charge is 0.286 e. The molecule has 1 aromatic heterocycles. The summed E-state index contributed by atoms with van der Waals surface area (Å²) in [5.41, 5.74) is 6.73. The van der Waals surface area contributed by atoms with E-state index in [0.717, 1.165) is 60.6 Å². The lowest BCUT2D eigenvalue weighted by Crippen LogP contribution is -2.35. The number of sulfonamides is 1. The Bertz CT molecular complexity index is 1680. The monoisotopic (exact) mass is 531 g/mol. The number of hydrogen-bond acceptors (Lipinski definition) is 5. The number of allylic oxidation sites excluding steroid dienone is 3. The van der Waals surface area contributed by atoms with Gasteiger partial charge in [-0.2, -0.15) is 0 Å². The maximum Gasteiger partial charge on any atom is 0.286 e. The Morgan fingerprint density at radius 2 is 1.84 bits per heavy atom. The number of rotatable bonds is 6. The minimum atomic E-state index is -3.69. The molecular weight excluding hydrogens is 500 g/mol. The second kappa shape index (κ2) is 9.65. The first-order valence-corrected chi connectivity index (χ1v) is 14.6. The van der Waals surface area contributed by atoms with Crippen molar-refractivity contribution in [3.63, 3.8) is 0 Å². The number of aromatic nitrogens is 2. The molecule has 2 aromatic carbocycles. The third-order valence-electron chi connectivity index (χ3n) is 7.01. The van der Waals surface area contributed by atoms with Crippen LogP contribution in [0.15, 0.2) is 54.4 Å². The van der Waals surface area contributed by atoms with Crippen LogP contribution in [0, 0.1) is 13.5 Å². The number of nitrogens with zero attached hydrogens (tertiary/aromatic N) is 5. The van der Waals surface area contributed by atoms with E-state index in [1.807, 2.05) is 10.6 Å². The molecule has 2 aliphatic heterocycles. The fourth-order valence-corrected chi connectivity index (χ4v) is 5.99. The van der Waals surface area contributed by atoms with E-state index < -0.39 is 15.9 Å². The largest absolute Gasteiger partial charge is 0.326 e. The Hall–Kier alpha value is -4.10. The van der Waals surface area contributed by atoms with Gasteiger partial charge in [-0.25, -0.2) is 27.1 Å². The quantitative estimate of drug-likeness (QED) is 0.386. The van der Waals surface area contributed by atoms with Crippen LogP contribution < -0.4 is 19.1 Å². The number of amides is 1. The normalized spacial score (nSPS) is 16.8. The van der Waals surface area contributed by atoms with Gasteiger partial charge in [0, 0.05) is 25.1 Å². The molecule has 0 bridgehead atoms. The van der Waals surface area contributed by atoms with Gasteiger partial charge < -0.3 is 9.80 Å². The predicted molar refractivity (Wildman–Crippen MR) is 149 cm³/mol. The van der Waals surface area contributed by atoms with Crippen LogP contribution in [0.5, 0.6) is 0 Å². The van der Waals surface area contributed by atoms with Crippen molar-refractivity contribution in [1.29, 1.82) is 0 Å². The SMILES string of the molecule is [C-]#[N+]c1ccc2c(c1)n(CC(=O)NS(C)(=O)=O)c1[n+]2CCC1=C/C=C1\N(CC)c2ccc(C)cc2N1CC. The van der Waals surface area contributed by atoms with Gasteiger partial charge in [0.05, 0.1) is 30.7 Å². The lowest BCUT2D eigenvalue weighted by atomic mass is 10.2. The summed E-state index contributed by atoms with van der Waals surface area (Å²) in [7, 11) is -3.69. The van der Waals surface area contributed by atoms with E-state index in [2.05, 4.69) is 75.1 Å². The van der Waals surface area contributed by atoms with Crippen LogP contribution in [0.1, 0.15) is 31.7 Å². The molecule has 38 heavy (non-hydrogen) atoms. The lowest BCUT2D eigenvalue weighted by Gasteiger charge is -2.23. The van der Waals surface area contributed by atoms with Crippen LogP contribution in [0.25, 0.3) is 21.5 Å². The number of anilines is 2. The van der Waals surface area contributed by atoms with Crippen LogP contribution in [0.2, 0.25) is 0 Å². The van der Waals surface area contributed by atoms with E-state index >= 15 is 0 Å². The first kappa shape index (κ1) is 25.5. The molecule has 0 saturated heterocycles. The summed E-state index contributed by atoms with van der Waals surface area (Å²) in [6.07, 6.45) is 5.98. The molecule has 0 unspecified atom stereocenters. The topological polar surface area (TPSA) is 82.9 Å². The highest BCUT2D eigenvalue weighted by molar-refractivity contribution is 7.89. The van der Waals surface area contributed by atoms with E-state index in [9.17, 15) is 13.2 Å². The van der Waals surface area contributed by atoms with Crippen molar-refractivity contribution < 1.29 is 17.8 Å². The zero-order valence-electron chi connectivity index (χ0n) is 22.0. The van der Waals surface area contributed by atoms with Crippen LogP contribution in [-0.2, 0) is 27.9 Å². The van der Waals surface area contributed by atoms with Crippen molar-refractivity contribution in [2.45, 2.75) is 40.3 Å². The van der Waals surface area contributed by atoms with E-state index in [0.29, 0.717) is 5.69 Å². The van der Waals surface area contributed by atoms with E-state index in [-0.39, 0.29) is 6.54 Å². The number of nitrogens with one attached hydrogen (secondary N) is 1. The number of aryl methyl sites for hydroxylation is 2. The van der Waals surface area contributed by atoms with Gasteiger partial charge in [-0.05, 0) is 62.8 Å². The Morgan fingerprint density at radius 1 is 1.11 bits per heavy atom. The molecule has 0 aliphatic carbocycles. The number of fused-ring (bicyclic) bond motifs is 4. The summed E-state index contributed by atoms with van der Waals surface area (Å²) in [4.78, 5) is 20.8. The molecule has 0 atom stereocenters. The third kappa shape index (κ3) is 4.43. The van der Waals surface area contributed by atoms with Gasteiger partial charge in [0.2, 0.25) is 10.0 Å². The fraction of sp³-hybridized carbons (Fsp3) is 0.321. The molecule has 2 aliphatic rings. The summed E-state index contributed by atoms with van der Waals surface area (Å²) >= 11 is 0. The van der Waals surface area contributed by atoms with Gasteiger partial charge >= 0.3 is 0 Å². The van der Waals surface area contributed by atoms with E-state index in [1.165, 1.54) is 16.9 Å². The highest BCUT2D eigenvalue weighted by atomic mass is 32.2. The fourth-order valence-electron chi connectivity index (χ4n) is 5.51. The van der Waals surface area contributed by atoms with Gasteiger partial charge in [0.25, 0.3) is 11.7 Å². The number of hydrogen-bond donors (Lipinski definition) is 1. The molecule has 5 rings (SSSR count). The highest BCUT2D eigenvalue weighted by Gasteiger charge is 2.35. The first-order chi connectivity index (χ1) is 18.1. The molecule has 10 heteroatoms. The van der Waals surface area contributed by atoms with Gasteiger partial charge in [0.1, 0.15) is 5.82 Å². The van der Waals surface area contributed by atoms with E-state index in [1.54, 1.807) is 12.1 Å². The van der Waals surface area contributed by atoms with Crippen LogP contribution in [0.4, 0.5) is 17.1 Å². The maximum absolute atomic E-state index is 12.7. The summed E-state index contributed by atoms with van der Waals surface area (Å²) < 4.78 is 29.4. The van der Waals surface area contributed by atoms with Crippen molar-refractivity contribution in [2.24, 2.45) is 0 Å². The third-order valence-corrected chi connectivity index (χ3v) is 7.60. The molecule has 0 saturated carbocycles. The van der Waals surface area contributed by atoms with Crippen LogP contribution >= 0.6 is 0 Å². The van der Waals surface area contributed by atoms with Crippen molar-refractivity contribution in [2.75, 3.05) is 29.1 Å².